The molecule has 15 heavy (non-hydrogen) atoms. The molecular formula is C7H5F3N2O3. The summed E-state index contributed by atoms with van der Waals surface area (Å²) in [5, 5.41) is 10.4. The number of aromatic nitrogens is 1. The van der Waals surface area contributed by atoms with E-state index in [0.29, 0.717) is 6.07 Å². The van der Waals surface area contributed by atoms with Crippen LogP contribution in [-0.2, 0) is 0 Å². The second-order valence-corrected chi connectivity index (χ2v) is 2.44. The van der Waals surface area contributed by atoms with Crippen LogP contribution in [0.4, 0.5) is 19.0 Å². The molecule has 1 aromatic rings. The van der Waals surface area contributed by atoms with Gasteiger partial charge in [0.05, 0.1) is 7.11 Å². The Morgan fingerprint density at radius 1 is 1.60 bits per heavy atom. The van der Waals surface area contributed by atoms with Crippen LogP contribution in [0.5, 0.6) is 5.75 Å². The van der Waals surface area contributed by atoms with E-state index in [2.05, 4.69) is 9.72 Å². The van der Waals surface area contributed by atoms with Gasteiger partial charge in [0, 0.05) is 6.07 Å². The molecule has 82 valence electrons. The van der Waals surface area contributed by atoms with Crippen molar-refractivity contribution in [3.8, 4) is 5.75 Å². The molecule has 0 atom stereocenters. The first-order valence-corrected chi connectivity index (χ1v) is 3.64. The minimum absolute atomic E-state index is 0.399. The van der Waals surface area contributed by atoms with Crippen molar-refractivity contribution in [1.29, 1.82) is 0 Å². The van der Waals surface area contributed by atoms with E-state index in [9.17, 15) is 23.3 Å². The molecule has 0 amide bonds. The van der Waals surface area contributed by atoms with E-state index in [4.69, 9.17) is 0 Å². The Labute approximate surface area is 81.6 Å². The van der Waals surface area contributed by atoms with Crippen LogP contribution < -0.4 is 4.74 Å². The van der Waals surface area contributed by atoms with Crippen LogP contribution in [0, 0.1) is 15.9 Å². The van der Waals surface area contributed by atoms with E-state index in [1.807, 2.05) is 0 Å². The number of rotatable bonds is 3. The summed E-state index contributed by atoms with van der Waals surface area (Å²) in [5.74, 6) is -3.06. The molecule has 0 aromatic carbocycles. The summed E-state index contributed by atoms with van der Waals surface area (Å²) in [7, 11) is 0.981. The highest BCUT2D eigenvalue weighted by molar-refractivity contribution is 5.42. The fourth-order valence-corrected chi connectivity index (χ4v) is 0.932. The third-order valence-electron chi connectivity index (χ3n) is 1.53. The fourth-order valence-electron chi connectivity index (χ4n) is 0.932. The van der Waals surface area contributed by atoms with Crippen LogP contribution in [0.15, 0.2) is 6.07 Å². The van der Waals surface area contributed by atoms with E-state index in [1.54, 1.807) is 0 Å². The zero-order chi connectivity index (χ0) is 11.6. The van der Waals surface area contributed by atoms with Gasteiger partial charge in [-0.1, -0.05) is 0 Å². The molecule has 1 aromatic heterocycles. The Bertz CT molecular complexity index is 397. The maximum Gasteiger partial charge on any atom is 0.409 e. The summed E-state index contributed by atoms with van der Waals surface area (Å²) in [4.78, 5) is 12.3. The lowest BCUT2D eigenvalue weighted by atomic mass is 10.3. The van der Waals surface area contributed by atoms with Gasteiger partial charge in [-0.05, 0) is 9.91 Å². The van der Waals surface area contributed by atoms with Crippen molar-refractivity contribution in [2.75, 3.05) is 7.11 Å². The molecule has 0 bridgehead atoms. The molecule has 0 unspecified atom stereocenters. The zero-order valence-electron chi connectivity index (χ0n) is 7.41. The fraction of sp³-hybridized carbons (Fsp3) is 0.286. The highest BCUT2D eigenvalue weighted by atomic mass is 19.3. The molecule has 0 N–H and O–H groups in total. The van der Waals surface area contributed by atoms with Gasteiger partial charge in [0.15, 0.2) is 5.82 Å². The number of methoxy groups -OCH3 is 1. The van der Waals surface area contributed by atoms with Crippen LogP contribution in [0.25, 0.3) is 0 Å². The van der Waals surface area contributed by atoms with Crippen molar-refractivity contribution in [2.45, 2.75) is 6.43 Å². The second-order valence-electron chi connectivity index (χ2n) is 2.44. The minimum atomic E-state index is -3.08. The van der Waals surface area contributed by atoms with Gasteiger partial charge in [-0.3, -0.25) is 0 Å². The number of pyridine rings is 1. The summed E-state index contributed by atoms with van der Waals surface area (Å²) in [6.45, 7) is 0. The van der Waals surface area contributed by atoms with Gasteiger partial charge in [0.25, 0.3) is 5.75 Å². The normalized spacial score (nSPS) is 10.5. The Morgan fingerprint density at radius 2 is 2.20 bits per heavy atom. The van der Waals surface area contributed by atoms with Gasteiger partial charge < -0.3 is 14.9 Å². The van der Waals surface area contributed by atoms with Gasteiger partial charge in [-0.15, -0.1) is 0 Å². The van der Waals surface area contributed by atoms with Crippen LogP contribution in [0.2, 0.25) is 0 Å². The molecule has 0 radical (unpaired) electrons. The molecular weight excluding hydrogens is 217 g/mol. The van der Waals surface area contributed by atoms with Crippen LogP contribution >= 0.6 is 0 Å². The molecule has 0 fully saturated rings. The number of ether oxygens (including phenoxy) is 1. The van der Waals surface area contributed by atoms with Crippen molar-refractivity contribution >= 4 is 5.82 Å². The molecule has 0 aliphatic carbocycles. The highest BCUT2D eigenvalue weighted by Gasteiger charge is 2.27. The summed E-state index contributed by atoms with van der Waals surface area (Å²) in [6, 6.07) is 0.399. The average molecular weight is 222 g/mol. The summed E-state index contributed by atoms with van der Waals surface area (Å²) in [6.07, 6.45) is -3.08. The van der Waals surface area contributed by atoms with Crippen molar-refractivity contribution in [2.24, 2.45) is 0 Å². The number of nitrogens with zero attached hydrogens (tertiary/aromatic N) is 2. The van der Waals surface area contributed by atoms with Gasteiger partial charge in [0.1, 0.15) is 0 Å². The molecule has 0 spiro atoms. The Balaban J connectivity index is 3.38. The topological polar surface area (TPSA) is 65.3 Å². The number of alkyl halides is 2. The first-order valence-electron chi connectivity index (χ1n) is 3.64. The predicted octanol–water partition coefficient (Wildman–Crippen LogP) is 2.08. The second kappa shape index (κ2) is 4.11. The zero-order valence-corrected chi connectivity index (χ0v) is 7.41. The third-order valence-corrected chi connectivity index (χ3v) is 1.53. The van der Waals surface area contributed by atoms with E-state index >= 15 is 0 Å². The third kappa shape index (κ3) is 2.14. The molecule has 1 rings (SSSR count). The predicted molar refractivity (Wildman–Crippen MR) is 42.4 cm³/mol. The lowest BCUT2D eigenvalue weighted by molar-refractivity contribution is -0.390. The van der Waals surface area contributed by atoms with Gasteiger partial charge >= 0.3 is 12.2 Å². The molecule has 0 aliphatic heterocycles. The lowest BCUT2D eigenvalue weighted by Gasteiger charge is -2.03. The van der Waals surface area contributed by atoms with Gasteiger partial charge in [-0.25, -0.2) is 13.2 Å². The molecule has 8 heteroatoms. The van der Waals surface area contributed by atoms with Gasteiger partial charge in [0.2, 0.25) is 5.69 Å². The van der Waals surface area contributed by atoms with Crippen LogP contribution in [-0.4, -0.2) is 17.0 Å². The molecule has 5 nitrogen and oxygen atoms in total. The number of hydrogen-bond donors (Lipinski definition) is 0. The first kappa shape index (κ1) is 11.2. The van der Waals surface area contributed by atoms with Crippen LogP contribution in [0.3, 0.4) is 0 Å². The summed E-state index contributed by atoms with van der Waals surface area (Å²) >= 11 is 0. The minimum Gasteiger partial charge on any atom is -0.487 e. The number of nitro groups is 1. The largest absolute Gasteiger partial charge is 0.487 e. The van der Waals surface area contributed by atoms with Crippen molar-refractivity contribution in [3.05, 3.63) is 27.7 Å². The van der Waals surface area contributed by atoms with E-state index < -0.39 is 34.4 Å². The molecule has 1 heterocycles. The Hall–Kier alpha value is -1.86. The quantitative estimate of drug-likeness (QED) is 0.580. The van der Waals surface area contributed by atoms with E-state index in [1.165, 1.54) is 0 Å². The molecule has 0 saturated carbocycles. The first-order chi connectivity index (χ1) is 6.97. The van der Waals surface area contributed by atoms with Crippen molar-refractivity contribution < 1.29 is 22.8 Å². The Kier molecular flexibility index (Phi) is 3.08. The van der Waals surface area contributed by atoms with E-state index in [-0.39, 0.29) is 0 Å². The van der Waals surface area contributed by atoms with Crippen molar-refractivity contribution in [1.82, 2.24) is 4.98 Å². The maximum atomic E-state index is 13.0. The Morgan fingerprint density at radius 3 is 2.60 bits per heavy atom. The lowest BCUT2D eigenvalue weighted by Crippen LogP contribution is -2.03. The molecule has 0 saturated heterocycles. The monoisotopic (exact) mass is 222 g/mol. The number of hydrogen-bond acceptors (Lipinski definition) is 4. The van der Waals surface area contributed by atoms with E-state index in [0.717, 1.165) is 7.11 Å². The highest BCUT2D eigenvalue weighted by Crippen LogP contribution is 2.30. The smallest absolute Gasteiger partial charge is 0.409 e. The summed E-state index contributed by atoms with van der Waals surface area (Å²) < 4.78 is 41.6. The standard InChI is InChI=1S/C7H5F3N2O3/c1-15-5-3(8)2-4(6(9)10)11-7(5)12(13)14/h2,6H,1H3. The maximum absolute atomic E-state index is 13.0. The average Bonchev–Trinajstić information content (AvgIpc) is 2.16. The van der Waals surface area contributed by atoms with Crippen LogP contribution in [0.1, 0.15) is 12.1 Å². The number of halogens is 3. The van der Waals surface area contributed by atoms with Gasteiger partial charge in [-0.2, -0.15) is 0 Å². The molecule has 0 aliphatic rings. The van der Waals surface area contributed by atoms with Crippen molar-refractivity contribution in [3.63, 3.8) is 0 Å². The SMILES string of the molecule is COc1c(F)cc(C(F)F)nc1[N+](=O)[O-]. The summed E-state index contributed by atoms with van der Waals surface area (Å²) in [5.41, 5.74) is -1.00.